The molecule has 1 atom stereocenters. The third kappa shape index (κ3) is 2.65. The smallest absolute Gasteiger partial charge is 0.316 e. The Hall–Kier alpha value is -2.08. The lowest BCUT2D eigenvalue weighted by molar-refractivity contribution is -0.384. The molecular weight excluding hydrogens is 427 g/mol. The summed E-state index contributed by atoms with van der Waals surface area (Å²) in [6.07, 6.45) is 5.63. The van der Waals surface area contributed by atoms with Gasteiger partial charge >= 0.3 is 5.69 Å². The summed E-state index contributed by atoms with van der Waals surface area (Å²) in [5.74, 6) is 0. The predicted octanol–water partition coefficient (Wildman–Crippen LogP) is 3.03. The maximum Gasteiger partial charge on any atom is 0.316 e. The van der Waals surface area contributed by atoms with Crippen LogP contribution in [0.15, 0.2) is 18.5 Å². The van der Waals surface area contributed by atoms with E-state index in [1.54, 1.807) is 12.3 Å². The Morgan fingerprint density at radius 2 is 2.33 bits per heavy atom. The number of H-pyrrole nitrogens is 1. The molecular formula is C14H13IN6O3. The van der Waals surface area contributed by atoms with E-state index in [0.717, 1.165) is 33.9 Å². The first kappa shape index (κ1) is 15.4. The topological polar surface area (TPSA) is 112 Å². The first-order valence-corrected chi connectivity index (χ1v) is 8.56. The van der Waals surface area contributed by atoms with Crippen LogP contribution in [0, 0.1) is 13.8 Å². The van der Waals surface area contributed by atoms with Crippen LogP contribution in [-0.2, 0) is 4.74 Å². The van der Waals surface area contributed by atoms with Crippen LogP contribution in [-0.4, -0.2) is 36.5 Å². The highest BCUT2D eigenvalue weighted by molar-refractivity contribution is 14.1. The Morgan fingerprint density at radius 1 is 1.46 bits per heavy atom. The largest absolute Gasteiger partial charge is 0.357 e. The number of hydrogen-bond donors (Lipinski definition) is 1. The number of aromatic amines is 1. The Kier molecular flexibility index (Phi) is 3.92. The number of fused-ring (bicyclic) bond motifs is 1. The van der Waals surface area contributed by atoms with Crippen LogP contribution in [0.5, 0.6) is 0 Å². The van der Waals surface area contributed by atoms with E-state index in [1.165, 1.54) is 10.9 Å². The fourth-order valence-corrected chi connectivity index (χ4v) is 3.34. The van der Waals surface area contributed by atoms with Gasteiger partial charge in [-0.2, -0.15) is 10.2 Å². The van der Waals surface area contributed by atoms with Crippen LogP contribution < -0.4 is 0 Å². The third-order valence-corrected chi connectivity index (χ3v) is 4.83. The van der Waals surface area contributed by atoms with E-state index in [1.807, 2.05) is 0 Å². The van der Waals surface area contributed by atoms with Gasteiger partial charge in [0.25, 0.3) is 0 Å². The normalized spacial score (nSPS) is 18.1. The second-order valence-corrected chi connectivity index (χ2v) is 6.57. The Morgan fingerprint density at radius 3 is 3.08 bits per heavy atom. The van der Waals surface area contributed by atoms with E-state index >= 15 is 0 Å². The molecule has 0 radical (unpaired) electrons. The minimum Gasteiger partial charge on any atom is -0.357 e. The molecule has 1 N–H and O–H groups in total. The molecule has 0 amide bonds. The van der Waals surface area contributed by atoms with Crippen LogP contribution in [0.2, 0.25) is 0 Å². The summed E-state index contributed by atoms with van der Waals surface area (Å²) >= 11 is 2.10. The molecule has 0 spiro atoms. The SMILES string of the molecule is O=[N+]([O-])c1cn(C2CCCCO2)nc1-c1cc2[nH]nc(I)c2cn1. The van der Waals surface area contributed by atoms with Crippen molar-refractivity contribution in [1.29, 1.82) is 0 Å². The second-order valence-electron chi connectivity index (χ2n) is 5.55. The van der Waals surface area contributed by atoms with Crippen molar-refractivity contribution in [3.8, 4) is 11.4 Å². The minimum absolute atomic E-state index is 0.0785. The van der Waals surface area contributed by atoms with E-state index in [4.69, 9.17) is 4.74 Å². The van der Waals surface area contributed by atoms with Gasteiger partial charge in [-0.25, -0.2) is 4.68 Å². The number of halogens is 1. The van der Waals surface area contributed by atoms with Gasteiger partial charge in [0.15, 0.2) is 5.69 Å². The van der Waals surface area contributed by atoms with Crippen molar-refractivity contribution in [2.75, 3.05) is 6.61 Å². The lowest BCUT2D eigenvalue weighted by Gasteiger charge is -2.22. The van der Waals surface area contributed by atoms with Gasteiger partial charge in [-0.15, -0.1) is 0 Å². The summed E-state index contributed by atoms with van der Waals surface area (Å²) in [7, 11) is 0. The maximum atomic E-state index is 11.4. The van der Waals surface area contributed by atoms with Crippen LogP contribution in [0.4, 0.5) is 5.69 Å². The van der Waals surface area contributed by atoms with Crippen LogP contribution in [0.3, 0.4) is 0 Å². The standard InChI is InChI=1S/C14H13IN6O3/c15-14-8-6-16-10(5-9(8)17-18-14)13-11(21(22)23)7-20(19-13)12-3-1-2-4-24-12/h5-7,12H,1-4H2,(H,17,18). The summed E-state index contributed by atoms with van der Waals surface area (Å²) in [6, 6.07) is 1.73. The molecule has 0 saturated carbocycles. The fourth-order valence-electron chi connectivity index (χ4n) is 2.79. The van der Waals surface area contributed by atoms with Gasteiger partial charge < -0.3 is 4.74 Å². The zero-order valence-electron chi connectivity index (χ0n) is 12.5. The molecule has 24 heavy (non-hydrogen) atoms. The number of pyridine rings is 1. The van der Waals surface area contributed by atoms with E-state index in [9.17, 15) is 10.1 Å². The Bertz CT molecular complexity index is 915. The molecule has 4 rings (SSSR count). The minimum atomic E-state index is -0.440. The van der Waals surface area contributed by atoms with E-state index in [-0.39, 0.29) is 17.6 Å². The molecule has 10 heteroatoms. The van der Waals surface area contributed by atoms with Crippen molar-refractivity contribution in [3.63, 3.8) is 0 Å². The highest BCUT2D eigenvalue weighted by atomic mass is 127. The average molecular weight is 440 g/mol. The van der Waals surface area contributed by atoms with Gasteiger partial charge in [0.1, 0.15) is 16.1 Å². The molecule has 1 aliphatic heterocycles. The molecule has 4 heterocycles. The first-order valence-electron chi connectivity index (χ1n) is 7.48. The molecule has 0 aromatic carbocycles. The van der Waals surface area contributed by atoms with Crippen LogP contribution in [0.25, 0.3) is 22.3 Å². The monoisotopic (exact) mass is 440 g/mol. The summed E-state index contributed by atoms with van der Waals surface area (Å²) in [4.78, 5) is 15.3. The van der Waals surface area contributed by atoms with Gasteiger partial charge in [-0.05, 0) is 47.9 Å². The van der Waals surface area contributed by atoms with Crippen molar-refractivity contribution >= 4 is 39.2 Å². The maximum absolute atomic E-state index is 11.4. The number of rotatable bonds is 3. The molecule has 1 aliphatic rings. The van der Waals surface area contributed by atoms with E-state index in [0.29, 0.717) is 12.3 Å². The fraction of sp³-hybridized carbons (Fsp3) is 0.357. The number of hydrogen-bond acceptors (Lipinski definition) is 6. The molecule has 3 aromatic rings. The average Bonchev–Trinajstić information content (AvgIpc) is 3.20. The number of nitrogens with one attached hydrogen (secondary N) is 1. The molecule has 1 unspecified atom stereocenters. The molecule has 0 bridgehead atoms. The lowest BCUT2D eigenvalue weighted by atomic mass is 10.2. The highest BCUT2D eigenvalue weighted by Crippen LogP contribution is 2.32. The van der Waals surface area contributed by atoms with Gasteiger partial charge in [0.2, 0.25) is 0 Å². The predicted molar refractivity (Wildman–Crippen MR) is 93.3 cm³/mol. The Balaban J connectivity index is 1.79. The summed E-state index contributed by atoms with van der Waals surface area (Å²) in [5, 5.41) is 23.7. The van der Waals surface area contributed by atoms with Crippen LogP contribution >= 0.6 is 22.6 Å². The third-order valence-electron chi connectivity index (χ3n) is 4.00. The van der Waals surface area contributed by atoms with E-state index < -0.39 is 4.92 Å². The van der Waals surface area contributed by atoms with Crippen molar-refractivity contribution in [2.45, 2.75) is 25.5 Å². The molecule has 0 aliphatic carbocycles. The van der Waals surface area contributed by atoms with E-state index in [2.05, 4.69) is 42.9 Å². The van der Waals surface area contributed by atoms with Crippen molar-refractivity contribution < 1.29 is 9.66 Å². The van der Waals surface area contributed by atoms with Crippen molar-refractivity contribution in [3.05, 3.63) is 32.3 Å². The van der Waals surface area contributed by atoms with Gasteiger partial charge in [0.05, 0.1) is 21.5 Å². The quantitative estimate of drug-likeness (QED) is 0.381. The van der Waals surface area contributed by atoms with Crippen molar-refractivity contribution in [2.24, 2.45) is 0 Å². The lowest BCUT2D eigenvalue weighted by Crippen LogP contribution is -2.18. The van der Waals surface area contributed by atoms with Gasteiger partial charge in [-0.3, -0.25) is 20.2 Å². The molecule has 1 saturated heterocycles. The first-order chi connectivity index (χ1) is 11.6. The second kappa shape index (κ2) is 6.09. The molecule has 124 valence electrons. The van der Waals surface area contributed by atoms with Gasteiger partial charge in [0, 0.05) is 12.8 Å². The zero-order chi connectivity index (χ0) is 16.7. The number of ether oxygens (including phenoxy) is 1. The number of nitrogens with zero attached hydrogens (tertiary/aromatic N) is 5. The Labute approximate surface area is 149 Å². The van der Waals surface area contributed by atoms with Crippen LogP contribution in [0.1, 0.15) is 25.5 Å². The zero-order valence-corrected chi connectivity index (χ0v) is 14.6. The summed E-state index contributed by atoms with van der Waals surface area (Å²) in [6.45, 7) is 0.643. The summed E-state index contributed by atoms with van der Waals surface area (Å²) in [5.41, 5.74) is 1.36. The molecule has 3 aromatic heterocycles. The summed E-state index contributed by atoms with van der Waals surface area (Å²) < 4.78 is 8.00. The van der Waals surface area contributed by atoms with Gasteiger partial charge in [-0.1, -0.05) is 0 Å². The molecule has 9 nitrogen and oxygen atoms in total. The number of nitro groups is 1. The molecule has 1 fully saturated rings. The number of aromatic nitrogens is 5. The van der Waals surface area contributed by atoms with Crippen molar-refractivity contribution in [1.82, 2.24) is 25.0 Å². The highest BCUT2D eigenvalue weighted by Gasteiger charge is 2.26.